The smallest absolute Gasteiger partial charge is 0.0687 e. The molecule has 0 radical (unpaired) electrons. The van der Waals surface area contributed by atoms with Gasteiger partial charge < -0.3 is 10.1 Å². The summed E-state index contributed by atoms with van der Waals surface area (Å²) >= 11 is 0. The van der Waals surface area contributed by atoms with Gasteiger partial charge in [-0.2, -0.15) is 0 Å². The van der Waals surface area contributed by atoms with Crippen LogP contribution in [0.1, 0.15) is 85.5 Å². The van der Waals surface area contributed by atoms with Gasteiger partial charge in [0, 0.05) is 6.04 Å². The fourth-order valence-corrected chi connectivity index (χ4v) is 4.42. The van der Waals surface area contributed by atoms with Gasteiger partial charge in [-0.25, -0.2) is 0 Å². The van der Waals surface area contributed by atoms with E-state index < -0.39 is 0 Å². The summed E-state index contributed by atoms with van der Waals surface area (Å²) in [7, 11) is 0. The van der Waals surface area contributed by atoms with Crippen LogP contribution in [0, 0.1) is 5.41 Å². The van der Waals surface area contributed by atoms with Crippen molar-refractivity contribution >= 4 is 0 Å². The standard InChI is InChI=1S/C18H35NO/c1-5-12-19-15(2)13-17(3,4)14-16-8-11-18(20-16)9-6-7-10-18/h15-16,19H,5-14H2,1-4H3. The largest absolute Gasteiger partial charge is 0.372 e. The van der Waals surface area contributed by atoms with E-state index in [2.05, 4.69) is 33.0 Å². The first-order valence-corrected chi connectivity index (χ1v) is 8.86. The Morgan fingerprint density at radius 1 is 1.25 bits per heavy atom. The SMILES string of the molecule is CCCNC(C)CC(C)(C)CC1CCC2(CCCC2)O1. The Morgan fingerprint density at radius 2 is 1.95 bits per heavy atom. The second kappa shape index (κ2) is 6.79. The Bertz CT molecular complexity index is 294. The molecule has 0 bridgehead atoms. The maximum Gasteiger partial charge on any atom is 0.0687 e. The molecule has 0 aromatic carbocycles. The van der Waals surface area contributed by atoms with E-state index in [0.717, 1.165) is 6.54 Å². The second-order valence-corrected chi connectivity index (χ2v) is 8.10. The first kappa shape index (κ1) is 16.3. The average molecular weight is 281 g/mol. The van der Waals surface area contributed by atoms with Crippen molar-refractivity contribution < 1.29 is 4.74 Å². The molecule has 118 valence electrons. The Morgan fingerprint density at radius 3 is 2.60 bits per heavy atom. The van der Waals surface area contributed by atoms with Gasteiger partial charge in [-0.1, -0.05) is 33.6 Å². The predicted octanol–water partition coefficient (Wildman–Crippen LogP) is 4.67. The zero-order valence-electron chi connectivity index (χ0n) is 14.1. The highest BCUT2D eigenvalue weighted by Gasteiger charge is 2.43. The number of ether oxygens (including phenoxy) is 1. The van der Waals surface area contributed by atoms with Gasteiger partial charge >= 0.3 is 0 Å². The highest BCUT2D eigenvalue weighted by Crippen LogP contribution is 2.46. The Kier molecular flexibility index (Phi) is 5.53. The molecule has 0 aromatic rings. The highest BCUT2D eigenvalue weighted by atomic mass is 16.5. The van der Waals surface area contributed by atoms with E-state index in [9.17, 15) is 0 Å². The highest BCUT2D eigenvalue weighted by molar-refractivity contribution is 4.94. The third kappa shape index (κ3) is 4.46. The van der Waals surface area contributed by atoms with Crippen molar-refractivity contribution in [1.82, 2.24) is 5.32 Å². The maximum atomic E-state index is 6.49. The number of rotatable bonds is 7. The Labute approximate surface area is 126 Å². The van der Waals surface area contributed by atoms with Crippen LogP contribution < -0.4 is 5.32 Å². The summed E-state index contributed by atoms with van der Waals surface area (Å²) in [5, 5.41) is 3.62. The molecule has 1 saturated heterocycles. The lowest BCUT2D eigenvalue weighted by Gasteiger charge is -2.32. The van der Waals surface area contributed by atoms with E-state index >= 15 is 0 Å². The van der Waals surface area contributed by atoms with Crippen LogP contribution in [0.3, 0.4) is 0 Å². The molecular weight excluding hydrogens is 246 g/mol. The van der Waals surface area contributed by atoms with Gasteiger partial charge in [0.25, 0.3) is 0 Å². The van der Waals surface area contributed by atoms with Crippen LogP contribution in [0.15, 0.2) is 0 Å². The lowest BCUT2D eigenvalue weighted by Crippen LogP contribution is -2.34. The molecule has 2 rings (SSSR count). The number of hydrogen-bond acceptors (Lipinski definition) is 2. The summed E-state index contributed by atoms with van der Waals surface area (Å²) in [6, 6.07) is 0.617. The first-order valence-electron chi connectivity index (χ1n) is 8.86. The van der Waals surface area contributed by atoms with E-state index in [0.29, 0.717) is 23.2 Å². The normalized spacial score (nSPS) is 27.3. The molecule has 0 aromatic heterocycles. The zero-order chi connectivity index (χ0) is 14.6. The molecule has 2 unspecified atom stereocenters. The summed E-state index contributed by atoms with van der Waals surface area (Å²) in [6.07, 6.45) is 12.2. The zero-order valence-corrected chi connectivity index (χ0v) is 14.1. The monoisotopic (exact) mass is 281 g/mol. The minimum Gasteiger partial charge on any atom is -0.372 e. The van der Waals surface area contributed by atoms with Gasteiger partial charge in [-0.05, 0) is 63.8 Å². The van der Waals surface area contributed by atoms with E-state index in [1.54, 1.807) is 0 Å². The van der Waals surface area contributed by atoms with Gasteiger partial charge in [-0.3, -0.25) is 0 Å². The number of hydrogen-bond donors (Lipinski definition) is 1. The van der Waals surface area contributed by atoms with E-state index in [4.69, 9.17) is 4.74 Å². The summed E-state index contributed by atoms with van der Waals surface area (Å²) in [4.78, 5) is 0. The summed E-state index contributed by atoms with van der Waals surface area (Å²) in [6.45, 7) is 10.5. The van der Waals surface area contributed by atoms with Crippen molar-refractivity contribution in [2.45, 2.75) is 103 Å². The molecule has 1 spiro atoms. The van der Waals surface area contributed by atoms with E-state index in [1.807, 2.05) is 0 Å². The Hall–Kier alpha value is -0.0800. The Balaban J connectivity index is 1.77. The van der Waals surface area contributed by atoms with Crippen LogP contribution >= 0.6 is 0 Å². The molecule has 2 atom stereocenters. The quantitative estimate of drug-likeness (QED) is 0.732. The fraction of sp³-hybridized carbons (Fsp3) is 1.00. The molecule has 2 fully saturated rings. The van der Waals surface area contributed by atoms with Crippen molar-refractivity contribution in [2.75, 3.05) is 6.54 Å². The summed E-state index contributed by atoms with van der Waals surface area (Å²) in [5.41, 5.74) is 0.682. The van der Waals surface area contributed by atoms with Crippen LogP contribution in [0.4, 0.5) is 0 Å². The molecule has 20 heavy (non-hydrogen) atoms. The first-order chi connectivity index (χ1) is 9.45. The number of nitrogens with one attached hydrogen (secondary N) is 1. The molecule has 1 aliphatic carbocycles. The van der Waals surface area contributed by atoms with Gasteiger partial charge in [0.15, 0.2) is 0 Å². The maximum absolute atomic E-state index is 6.49. The molecule has 1 saturated carbocycles. The van der Waals surface area contributed by atoms with E-state index in [-0.39, 0.29) is 0 Å². The average Bonchev–Trinajstić information content (AvgIpc) is 2.96. The van der Waals surface area contributed by atoms with Crippen molar-refractivity contribution in [3.8, 4) is 0 Å². The molecular formula is C18H35NO. The lowest BCUT2D eigenvalue weighted by atomic mass is 9.80. The van der Waals surface area contributed by atoms with Crippen LogP contribution in [-0.4, -0.2) is 24.3 Å². The van der Waals surface area contributed by atoms with Crippen molar-refractivity contribution in [1.29, 1.82) is 0 Å². The molecule has 0 amide bonds. The van der Waals surface area contributed by atoms with Crippen molar-refractivity contribution in [2.24, 2.45) is 5.41 Å². The van der Waals surface area contributed by atoms with Gasteiger partial charge in [0.1, 0.15) is 0 Å². The lowest BCUT2D eigenvalue weighted by molar-refractivity contribution is -0.0516. The van der Waals surface area contributed by atoms with Crippen LogP contribution in [0.25, 0.3) is 0 Å². The van der Waals surface area contributed by atoms with Crippen molar-refractivity contribution in [3.05, 3.63) is 0 Å². The predicted molar refractivity (Wildman–Crippen MR) is 86.1 cm³/mol. The minimum absolute atomic E-state index is 0.298. The molecule has 1 aliphatic heterocycles. The van der Waals surface area contributed by atoms with Crippen LogP contribution in [0.5, 0.6) is 0 Å². The summed E-state index contributed by atoms with van der Waals surface area (Å²) < 4.78 is 6.49. The van der Waals surface area contributed by atoms with Gasteiger partial charge in [0.05, 0.1) is 11.7 Å². The third-order valence-electron chi connectivity index (χ3n) is 5.24. The minimum atomic E-state index is 0.298. The molecule has 2 heteroatoms. The molecule has 2 nitrogen and oxygen atoms in total. The summed E-state index contributed by atoms with van der Waals surface area (Å²) in [5.74, 6) is 0. The second-order valence-electron chi connectivity index (χ2n) is 8.10. The van der Waals surface area contributed by atoms with Crippen LogP contribution in [0.2, 0.25) is 0 Å². The molecule has 1 heterocycles. The molecule has 1 N–H and O–H groups in total. The van der Waals surface area contributed by atoms with Crippen LogP contribution in [-0.2, 0) is 4.74 Å². The fourth-order valence-electron chi connectivity index (χ4n) is 4.42. The van der Waals surface area contributed by atoms with Crippen molar-refractivity contribution in [3.63, 3.8) is 0 Å². The third-order valence-corrected chi connectivity index (χ3v) is 5.24. The van der Waals surface area contributed by atoms with E-state index in [1.165, 1.54) is 57.8 Å². The topological polar surface area (TPSA) is 21.3 Å². The van der Waals surface area contributed by atoms with Gasteiger partial charge in [0.2, 0.25) is 0 Å². The van der Waals surface area contributed by atoms with Gasteiger partial charge in [-0.15, -0.1) is 0 Å². The molecule has 2 aliphatic rings.